The summed E-state index contributed by atoms with van der Waals surface area (Å²) in [7, 11) is 0. The van der Waals surface area contributed by atoms with Crippen molar-refractivity contribution in [3.8, 4) is 11.3 Å². The van der Waals surface area contributed by atoms with Crippen LogP contribution >= 0.6 is 0 Å². The molecule has 0 aliphatic heterocycles. The first-order chi connectivity index (χ1) is 6.40. The van der Waals surface area contributed by atoms with Crippen LogP contribution in [0.15, 0.2) is 41.3 Å². The van der Waals surface area contributed by atoms with Gasteiger partial charge in [-0.25, -0.2) is 9.83 Å². The Hall–Kier alpha value is -2.08. The van der Waals surface area contributed by atoms with Crippen molar-refractivity contribution < 1.29 is 4.42 Å². The molecule has 1 aromatic heterocycles. The summed E-state index contributed by atoms with van der Waals surface area (Å²) < 4.78 is 5.11. The first-order valence-corrected chi connectivity index (χ1v) is 3.76. The minimum absolute atomic E-state index is 0.605. The second kappa shape index (κ2) is 3.11. The Bertz CT molecular complexity index is 440. The van der Waals surface area contributed by atoms with E-state index in [1.54, 1.807) is 18.3 Å². The predicted octanol–water partition coefficient (Wildman–Crippen LogP) is 2.89. The van der Waals surface area contributed by atoms with Gasteiger partial charge in [0.2, 0.25) is 0 Å². The van der Waals surface area contributed by atoms with E-state index in [0.717, 1.165) is 5.56 Å². The van der Waals surface area contributed by atoms with Gasteiger partial charge in [-0.1, -0.05) is 18.2 Å². The van der Waals surface area contributed by atoms with Gasteiger partial charge in [0.1, 0.15) is 0 Å². The van der Waals surface area contributed by atoms with Crippen molar-refractivity contribution in [2.24, 2.45) is 0 Å². The molecule has 0 radical (unpaired) electrons. The van der Waals surface area contributed by atoms with E-state index in [-0.39, 0.29) is 0 Å². The van der Waals surface area contributed by atoms with Gasteiger partial charge in [0.05, 0.1) is 12.8 Å². The fourth-order valence-corrected chi connectivity index (χ4v) is 1.09. The second-order valence-electron chi connectivity index (χ2n) is 2.53. The number of aromatic nitrogens is 1. The van der Waals surface area contributed by atoms with E-state index in [1.807, 2.05) is 12.1 Å². The van der Waals surface area contributed by atoms with Crippen LogP contribution in [0.5, 0.6) is 0 Å². The lowest BCUT2D eigenvalue weighted by molar-refractivity contribution is 0.572. The minimum atomic E-state index is 0.605. The highest BCUT2D eigenvalue weighted by atomic mass is 16.3. The highest BCUT2D eigenvalue weighted by molar-refractivity contribution is 5.63. The molecule has 0 fully saturated rings. The molecule has 62 valence electrons. The molecule has 0 bridgehead atoms. The second-order valence-corrected chi connectivity index (χ2v) is 2.53. The van der Waals surface area contributed by atoms with Crippen LogP contribution in [0.25, 0.3) is 16.2 Å². The van der Waals surface area contributed by atoms with E-state index in [2.05, 4.69) is 9.83 Å². The first-order valence-electron chi connectivity index (χ1n) is 3.76. The summed E-state index contributed by atoms with van der Waals surface area (Å²) in [5, 5.41) is 0. The smallest absolute Gasteiger partial charge is 0.187 e. The molecule has 2 rings (SSSR count). The molecule has 2 aromatic rings. The molecule has 1 heterocycles. The highest BCUT2D eigenvalue weighted by Gasteiger charge is 2.00. The molecule has 0 aliphatic carbocycles. The molecule has 0 unspecified atom stereocenters. The van der Waals surface area contributed by atoms with Gasteiger partial charge in [-0.05, 0) is 6.07 Å². The number of hydrogen-bond donors (Lipinski definition) is 0. The van der Waals surface area contributed by atoms with Gasteiger partial charge in [0.25, 0.3) is 0 Å². The van der Waals surface area contributed by atoms with Crippen molar-refractivity contribution in [1.82, 2.24) is 4.98 Å². The third-order valence-corrected chi connectivity index (χ3v) is 1.69. The van der Waals surface area contributed by atoms with E-state index < -0.39 is 0 Å². The summed E-state index contributed by atoms with van der Waals surface area (Å²) in [6, 6.07) is 7.24. The SMILES string of the molecule is [C-]#[N+]c1cccc(-c2cnco2)c1. The molecule has 13 heavy (non-hydrogen) atoms. The zero-order chi connectivity index (χ0) is 9.10. The van der Waals surface area contributed by atoms with E-state index in [4.69, 9.17) is 11.0 Å². The van der Waals surface area contributed by atoms with Gasteiger partial charge in [-0.3, -0.25) is 0 Å². The molecule has 0 aliphatic rings. The van der Waals surface area contributed by atoms with Crippen LogP contribution in [0.1, 0.15) is 0 Å². The van der Waals surface area contributed by atoms with Gasteiger partial charge in [-0.2, -0.15) is 0 Å². The lowest BCUT2D eigenvalue weighted by atomic mass is 10.2. The van der Waals surface area contributed by atoms with Gasteiger partial charge < -0.3 is 4.42 Å². The van der Waals surface area contributed by atoms with Crippen LogP contribution in [0.2, 0.25) is 0 Å². The van der Waals surface area contributed by atoms with Crippen molar-refractivity contribution in [2.45, 2.75) is 0 Å². The molecular weight excluding hydrogens is 164 g/mol. The molecule has 1 aromatic carbocycles. The zero-order valence-corrected chi connectivity index (χ0v) is 6.77. The molecule has 0 saturated heterocycles. The van der Waals surface area contributed by atoms with E-state index in [9.17, 15) is 0 Å². The summed E-state index contributed by atoms with van der Waals surface area (Å²) in [5.74, 6) is 0.686. The average Bonchev–Trinajstić information content (AvgIpc) is 2.71. The largest absolute Gasteiger partial charge is 0.444 e. The van der Waals surface area contributed by atoms with E-state index in [0.29, 0.717) is 11.4 Å². The van der Waals surface area contributed by atoms with Crippen molar-refractivity contribution >= 4 is 5.69 Å². The van der Waals surface area contributed by atoms with Gasteiger partial charge in [0.15, 0.2) is 17.8 Å². The maximum absolute atomic E-state index is 6.84. The average molecular weight is 170 g/mol. The Morgan fingerprint density at radius 2 is 2.31 bits per heavy atom. The third kappa shape index (κ3) is 1.42. The van der Waals surface area contributed by atoms with Crippen molar-refractivity contribution in [2.75, 3.05) is 0 Å². The van der Waals surface area contributed by atoms with Gasteiger partial charge in [-0.15, -0.1) is 0 Å². The molecule has 0 saturated carbocycles. The van der Waals surface area contributed by atoms with Crippen LogP contribution in [0.3, 0.4) is 0 Å². The van der Waals surface area contributed by atoms with E-state index >= 15 is 0 Å². The maximum atomic E-state index is 6.84. The van der Waals surface area contributed by atoms with Crippen molar-refractivity contribution in [1.29, 1.82) is 0 Å². The van der Waals surface area contributed by atoms with Crippen LogP contribution in [0.4, 0.5) is 5.69 Å². The van der Waals surface area contributed by atoms with Crippen molar-refractivity contribution in [3.63, 3.8) is 0 Å². The topological polar surface area (TPSA) is 30.4 Å². The number of oxazole rings is 1. The molecule has 0 N–H and O–H groups in total. The monoisotopic (exact) mass is 170 g/mol. The minimum Gasteiger partial charge on any atom is -0.444 e. The summed E-state index contributed by atoms with van der Waals surface area (Å²) in [6.45, 7) is 6.84. The molecule has 3 nitrogen and oxygen atoms in total. The fourth-order valence-electron chi connectivity index (χ4n) is 1.09. The molecule has 0 spiro atoms. The number of hydrogen-bond acceptors (Lipinski definition) is 2. The summed E-state index contributed by atoms with van der Waals surface area (Å²) in [5.41, 5.74) is 1.49. The third-order valence-electron chi connectivity index (χ3n) is 1.69. The quantitative estimate of drug-likeness (QED) is 0.616. The van der Waals surface area contributed by atoms with Gasteiger partial charge >= 0.3 is 0 Å². The molecular formula is C10H6N2O. The van der Waals surface area contributed by atoms with Crippen LogP contribution in [-0.2, 0) is 0 Å². The fraction of sp³-hybridized carbons (Fsp3) is 0. The lowest BCUT2D eigenvalue weighted by Crippen LogP contribution is -1.71. The maximum Gasteiger partial charge on any atom is 0.187 e. The Kier molecular flexibility index (Phi) is 1.81. The highest BCUT2D eigenvalue weighted by Crippen LogP contribution is 2.23. The molecule has 0 atom stereocenters. The number of benzene rings is 1. The van der Waals surface area contributed by atoms with Crippen LogP contribution < -0.4 is 0 Å². The number of nitrogens with zero attached hydrogens (tertiary/aromatic N) is 2. The molecule has 3 heteroatoms. The summed E-state index contributed by atoms with van der Waals surface area (Å²) in [4.78, 5) is 7.14. The Balaban J connectivity index is 2.49. The normalized spacial score (nSPS) is 9.46. The summed E-state index contributed by atoms with van der Waals surface area (Å²) >= 11 is 0. The van der Waals surface area contributed by atoms with Gasteiger partial charge in [0, 0.05) is 5.56 Å². The van der Waals surface area contributed by atoms with Crippen LogP contribution in [-0.4, -0.2) is 4.98 Å². The first kappa shape index (κ1) is 7.56. The number of rotatable bonds is 1. The lowest BCUT2D eigenvalue weighted by Gasteiger charge is -1.95. The standard InChI is InChI=1S/C10H6N2O/c1-11-9-4-2-3-8(5-9)10-6-12-7-13-10/h2-7H. The zero-order valence-electron chi connectivity index (χ0n) is 6.77. The summed E-state index contributed by atoms with van der Waals surface area (Å²) in [6.07, 6.45) is 3.00. The molecule has 0 amide bonds. The Morgan fingerprint density at radius 3 is 3.00 bits per heavy atom. The Labute approximate surface area is 75.5 Å². The van der Waals surface area contributed by atoms with Crippen molar-refractivity contribution in [3.05, 3.63) is 48.3 Å². The van der Waals surface area contributed by atoms with Crippen LogP contribution in [0, 0.1) is 6.57 Å². The van der Waals surface area contributed by atoms with E-state index in [1.165, 1.54) is 6.39 Å². The Morgan fingerprint density at radius 1 is 1.38 bits per heavy atom. The predicted molar refractivity (Wildman–Crippen MR) is 48.2 cm³/mol.